The van der Waals surface area contributed by atoms with Crippen molar-refractivity contribution in [1.82, 2.24) is 14.8 Å². The molecule has 2 aromatic carbocycles. The van der Waals surface area contributed by atoms with Crippen LogP contribution in [0.3, 0.4) is 0 Å². The predicted octanol–water partition coefficient (Wildman–Crippen LogP) is 5.66. The average molecular weight is 413 g/mol. The summed E-state index contributed by atoms with van der Waals surface area (Å²) in [6.45, 7) is 5.85. The maximum atomic E-state index is 5.51. The zero-order valence-corrected chi connectivity index (χ0v) is 17.2. The number of anilines is 2. The molecule has 0 spiro atoms. The zero-order chi connectivity index (χ0) is 20.1. The van der Waals surface area contributed by atoms with Crippen LogP contribution in [0.5, 0.6) is 0 Å². The summed E-state index contributed by atoms with van der Waals surface area (Å²) in [5.41, 5.74) is 6.20. The molecule has 6 heteroatoms. The minimum Gasteiger partial charge on any atom is -0.379 e. The molecule has 30 heavy (non-hydrogen) atoms. The molecule has 0 amide bonds. The maximum Gasteiger partial charge on any atom is 0.158 e. The largest absolute Gasteiger partial charge is 0.379 e. The van der Waals surface area contributed by atoms with Crippen molar-refractivity contribution < 1.29 is 4.74 Å². The van der Waals surface area contributed by atoms with Gasteiger partial charge in [0, 0.05) is 33.5 Å². The third-order valence-electron chi connectivity index (χ3n) is 5.74. The van der Waals surface area contributed by atoms with E-state index < -0.39 is 0 Å². The van der Waals surface area contributed by atoms with Crippen LogP contribution in [0.1, 0.15) is 23.6 Å². The average Bonchev–Trinajstić information content (AvgIpc) is 3.46. The molecule has 0 bridgehead atoms. The smallest absolute Gasteiger partial charge is 0.158 e. The first-order chi connectivity index (χ1) is 14.8. The molecule has 0 saturated carbocycles. The fourth-order valence-corrected chi connectivity index (χ4v) is 5.05. The van der Waals surface area contributed by atoms with Crippen molar-refractivity contribution in [3.05, 3.63) is 78.6 Å². The Morgan fingerprint density at radius 2 is 1.97 bits per heavy atom. The van der Waals surface area contributed by atoms with Crippen LogP contribution in [0.25, 0.3) is 16.6 Å². The molecule has 0 radical (unpaired) electrons. The normalized spacial score (nSPS) is 17.4. The molecule has 1 saturated heterocycles. The number of benzene rings is 2. The van der Waals surface area contributed by atoms with Crippen LogP contribution < -0.4 is 5.32 Å². The van der Waals surface area contributed by atoms with Gasteiger partial charge in [0.25, 0.3) is 0 Å². The molecule has 148 valence electrons. The summed E-state index contributed by atoms with van der Waals surface area (Å²) >= 11 is 1.79. The number of para-hydroxylation sites is 1. The molecule has 6 rings (SSSR count). The minimum atomic E-state index is 0.274. The fourth-order valence-electron chi connectivity index (χ4n) is 4.08. The van der Waals surface area contributed by atoms with Crippen LogP contribution in [0.15, 0.2) is 77.3 Å². The number of aromatic nitrogens is 3. The van der Waals surface area contributed by atoms with E-state index in [1.165, 1.54) is 9.79 Å². The number of pyridine rings is 1. The van der Waals surface area contributed by atoms with E-state index in [4.69, 9.17) is 9.72 Å². The highest BCUT2D eigenvalue weighted by Gasteiger charge is 2.21. The fraction of sp³-hybridized carbons (Fsp3) is 0.167. The monoisotopic (exact) mass is 412 g/mol. The lowest BCUT2D eigenvalue weighted by Crippen LogP contribution is -2.10. The van der Waals surface area contributed by atoms with Gasteiger partial charge in [0.15, 0.2) is 5.65 Å². The van der Waals surface area contributed by atoms with Gasteiger partial charge in [0.05, 0.1) is 30.2 Å². The van der Waals surface area contributed by atoms with E-state index in [9.17, 15) is 0 Å². The van der Waals surface area contributed by atoms with Gasteiger partial charge in [0.2, 0.25) is 0 Å². The first-order valence-electron chi connectivity index (χ1n) is 10.0. The zero-order valence-electron chi connectivity index (χ0n) is 16.3. The molecule has 4 aromatic rings. The van der Waals surface area contributed by atoms with Crippen LogP contribution in [0.2, 0.25) is 0 Å². The van der Waals surface area contributed by atoms with Crippen molar-refractivity contribution >= 4 is 39.7 Å². The van der Waals surface area contributed by atoms with Crippen molar-refractivity contribution in [1.29, 1.82) is 0 Å². The molecule has 1 N–H and O–H groups in total. The van der Waals surface area contributed by atoms with Crippen LogP contribution in [-0.4, -0.2) is 28.0 Å². The Morgan fingerprint density at radius 1 is 1.07 bits per heavy atom. The standard InChI is InChI=1S/C24H20N4OS/c1-15(16-6-7-23-21(11-16)27-20-4-2-3-5-22(20)30-23)17-10-18-13-26-28(24(18)25-12-17)19-8-9-29-14-19/h2-7,10-13,19,27H,1,8-9,14H2. The van der Waals surface area contributed by atoms with Crippen LogP contribution in [-0.2, 0) is 4.74 Å². The number of hydrogen-bond donors (Lipinski definition) is 1. The number of ether oxygens (including phenoxy) is 1. The van der Waals surface area contributed by atoms with Crippen LogP contribution in [0, 0.1) is 0 Å². The lowest BCUT2D eigenvalue weighted by molar-refractivity contribution is 0.185. The number of hydrogen-bond acceptors (Lipinski definition) is 5. The van der Waals surface area contributed by atoms with Crippen molar-refractivity contribution in [3.8, 4) is 0 Å². The Labute approximate surface area is 178 Å². The Morgan fingerprint density at radius 3 is 2.87 bits per heavy atom. The van der Waals surface area contributed by atoms with E-state index in [1.807, 2.05) is 17.1 Å². The van der Waals surface area contributed by atoms with E-state index in [0.29, 0.717) is 6.61 Å². The van der Waals surface area contributed by atoms with Gasteiger partial charge in [-0.3, -0.25) is 0 Å². The first kappa shape index (κ1) is 17.7. The highest BCUT2D eigenvalue weighted by molar-refractivity contribution is 7.99. The molecule has 4 heterocycles. The van der Waals surface area contributed by atoms with Crippen LogP contribution >= 0.6 is 11.8 Å². The third kappa shape index (κ3) is 2.91. The molecule has 2 aromatic heterocycles. The Bertz CT molecular complexity index is 1290. The highest BCUT2D eigenvalue weighted by atomic mass is 32.2. The Hall–Kier alpha value is -3.09. The van der Waals surface area contributed by atoms with Crippen molar-refractivity contribution in [3.63, 3.8) is 0 Å². The lowest BCUT2D eigenvalue weighted by Gasteiger charge is -2.21. The lowest BCUT2D eigenvalue weighted by atomic mass is 10.00. The van der Waals surface area contributed by atoms with Gasteiger partial charge in [-0.1, -0.05) is 36.5 Å². The quantitative estimate of drug-likeness (QED) is 0.414. The molecule has 1 unspecified atom stereocenters. The van der Waals surface area contributed by atoms with Gasteiger partial charge in [-0.15, -0.1) is 0 Å². The Kier molecular flexibility index (Phi) is 4.14. The number of nitrogens with zero attached hydrogens (tertiary/aromatic N) is 3. The summed E-state index contributed by atoms with van der Waals surface area (Å²) in [4.78, 5) is 7.18. The van der Waals surface area contributed by atoms with Gasteiger partial charge < -0.3 is 10.1 Å². The van der Waals surface area contributed by atoms with Gasteiger partial charge in [-0.2, -0.15) is 5.10 Å². The first-order valence-corrected chi connectivity index (χ1v) is 10.9. The molecule has 0 aliphatic carbocycles. The van der Waals surface area contributed by atoms with E-state index >= 15 is 0 Å². The summed E-state index contributed by atoms with van der Waals surface area (Å²) in [7, 11) is 0. The summed E-state index contributed by atoms with van der Waals surface area (Å²) in [6, 6.07) is 17.2. The van der Waals surface area contributed by atoms with E-state index in [-0.39, 0.29) is 6.04 Å². The molecular weight excluding hydrogens is 392 g/mol. The topological polar surface area (TPSA) is 52.0 Å². The minimum absolute atomic E-state index is 0.274. The number of nitrogens with one attached hydrogen (secondary N) is 1. The van der Waals surface area contributed by atoms with E-state index in [0.717, 1.165) is 52.1 Å². The number of fused-ring (bicyclic) bond motifs is 3. The van der Waals surface area contributed by atoms with E-state index in [1.54, 1.807) is 11.8 Å². The maximum absolute atomic E-state index is 5.51. The molecule has 5 nitrogen and oxygen atoms in total. The molecule has 2 aliphatic heterocycles. The molecule has 1 fully saturated rings. The molecule has 2 aliphatic rings. The summed E-state index contributed by atoms with van der Waals surface area (Å²) in [5, 5.41) is 9.14. The second-order valence-corrected chi connectivity index (χ2v) is 8.74. The number of rotatable bonds is 3. The molecule has 1 atom stereocenters. The van der Waals surface area contributed by atoms with Crippen molar-refractivity contribution in [2.75, 3.05) is 18.5 Å². The van der Waals surface area contributed by atoms with Crippen molar-refractivity contribution in [2.45, 2.75) is 22.3 Å². The second kappa shape index (κ2) is 7.00. The van der Waals surface area contributed by atoms with Gasteiger partial charge in [-0.25, -0.2) is 9.67 Å². The van der Waals surface area contributed by atoms with E-state index in [2.05, 4.69) is 65.5 Å². The summed E-state index contributed by atoms with van der Waals surface area (Å²) in [6.07, 6.45) is 4.77. The Balaban J connectivity index is 1.31. The second-order valence-electron chi connectivity index (χ2n) is 7.66. The third-order valence-corrected chi connectivity index (χ3v) is 6.89. The summed E-state index contributed by atoms with van der Waals surface area (Å²) in [5.74, 6) is 0. The predicted molar refractivity (Wildman–Crippen MR) is 120 cm³/mol. The van der Waals surface area contributed by atoms with Crippen LogP contribution in [0.4, 0.5) is 11.4 Å². The van der Waals surface area contributed by atoms with Crippen molar-refractivity contribution in [2.24, 2.45) is 0 Å². The molecular formula is C24H20N4OS. The highest BCUT2D eigenvalue weighted by Crippen LogP contribution is 2.45. The van der Waals surface area contributed by atoms with Gasteiger partial charge in [0.1, 0.15) is 0 Å². The van der Waals surface area contributed by atoms with Gasteiger partial charge >= 0.3 is 0 Å². The SMILES string of the molecule is C=C(c1ccc2c(c1)Nc1ccccc1S2)c1cnc2c(cnn2C2CCOC2)c1. The van der Waals surface area contributed by atoms with Gasteiger partial charge in [-0.05, 0) is 47.9 Å². The summed E-state index contributed by atoms with van der Waals surface area (Å²) < 4.78 is 7.50.